The van der Waals surface area contributed by atoms with Crippen LogP contribution in [0.3, 0.4) is 0 Å². The van der Waals surface area contributed by atoms with Crippen LogP contribution in [0.2, 0.25) is 0 Å². The van der Waals surface area contributed by atoms with E-state index in [9.17, 15) is 5.11 Å². The molecule has 23 heavy (non-hydrogen) atoms. The number of methoxy groups -OCH3 is 2. The molecule has 0 saturated heterocycles. The van der Waals surface area contributed by atoms with Gasteiger partial charge in [0.05, 0.1) is 20.8 Å². The quantitative estimate of drug-likeness (QED) is 0.780. The third-order valence-corrected chi connectivity index (χ3v) is 3.52. The van der Waals surface area contributed by atoms with Gasteiger partial charge in [0, 0.05) is 12.1 Å². The van der Waals surface area contributed by atoms with Crippen LogP contribution >= 0.6 is 0 Å². The van der Waals surface area contributed by atoms with Gasteiger partial charge in [0.25, 0.3) is 0 Å². The number of hydrogen-bond acceptors (Lipinski definition) is 5. The molecule has 124 valence electrons. The van der Waals surface area contributed by atoms with Crippen molar-refractivity contribution in [3.63, 3.8) is 0 Å². The normalized spacial score (nSPS) is 11.8. The fourth-order valence-electron chi connectivity index (χ4n) is 2.28. The van der Waals surface area contributed by atoms with Gasteiger partial charge in [0.1, 0.15) is 12.4 Å². The maximum absolute atomic E-state index is 9.20. The lowest BCUT2D eigenvalue weighted by Gasteiger charge is -2.17. The third kappa shape index (κ3) is 4.61. The third-order valence-electron chi connectivity index (χ3n) is 3.52. The Hall–Kier alpha value is -2.24. The molecule has 0 bridgehead atoms. The Balaban J connectivity index is 2.26. The van der Waals surface area contributed by atoms with Crippen molar-refractivity contribution in [1.29, 1.82) is 0 Å². The minimum Gasteiger partial charge on any atom is -0.493 e. The van der Waals surface area contributed by atoms with E-state index in [1.807, 2.05) is 36.4 Å². The molecule has 0 saturated carbocycles. The van der Waals surface area contributed by atoms with Crippen molar-refractivity contribution in [1.82, 2.24) is 0 Å². The number of benzene rings is 2. The molecule has 5 heteroatoms. The van der Waals surface area contributed by atoms with E-state index in [0.29, 0.717) is 30.3 Å². The zero-order chi connectivity index (χ0) is 16.7. The summed E-state index contributed by atoms with van der Waals surface area (Å²) in [5.41, 5.74) is 7.81. The van der Waals surface area contributed by atoms with Crippen LogP contribution in [0.4, 0.5) is 0 Å². The summed E-state index contributed by atoms with van der Waals surface area (Å²) in [6.07, 6.45) is 0.487. The van der Waals surface area contributed by atoms with E-state index >= 15 is 0 Å². The Labute approximate surface area is 136 Å². The van der Waals surface area contributed by atoms with Crippen molar-refractivity contribution in [2.75, 3.05) is 20.8 Å². The van der Waals surface area contributed by atoms with E-state index in [4.69, 9.17) is 19.9 Å². The van der Waals surface area contributed by atoms with Crippen LogP contribution in [-0.4, -0.2) is 32.0 Å². The molecule has 0 amide bonds. The number of aliphatic hydroxyl groups is 1. The Kier molecular flexibility index (Phi) is 6.26. The molecule has 2 rings (SSSR count). The molecule has 0 aliphatic rings. The first kappa shape index (κ1) is 17.1. The van der Waals surface area contributed by atoms with Gasteiger partial charge in [-0.15, -0.1) is 0 Å². The minimum atomic E-state index is -0.354. The van der Waals surface area contributed by atoms with Crippen molar-refractivity contribution in [3.8, 4) is 17.2 Å². The summed E-state index contributed by atoms with van der Waals surface area (Å²) in [5.74, 6) is 1.88. The van der Waals surface area contributed by atoms with Crippen LogP contribution in [0.1, 0.15) is 11.1 Å². The highest BCUT2D eigenvalue weighted by molar-refractivity contribution is 5.51. The maximum atomic E-state index is 9.20. The molecule has 3 N–H and O–H groups in total. The SMILES string of the molecule is COc1cc(CC(N)CO)c(OCc2ccccc2)cc1OC. The van der Waals surface area contributed by atoms with Crippen molar-refractivity contribution in [2.24, 2.45) is 5.73 Å². The fraction of sp³-hybridized carbons (Fsp3) is 0.333. The second-order valence-electron chi connectivity index (χ2n) is 5.24. The van der Waals surface area contributed by atoms with Crippen LogP contribution in [-0.2, 0) is 13.0 Å². The Morgan fingerprint density at radius 3 is 2.26 bits per heavy atom. The van der Waals surface area contributed by atoms with Crippen molar-refractivity contribution in [3.05, 3.63) is 53.6 Å². The first-order valence-electron chi connectivity index (χ1n) is 7.46. The fourth-order valence-corrected chi connectivity index (χ4v) is 2.28. The van der Waals surface area contributed by atoms with Crippen molar-refractivity contribution >= 4 is 0 Å². The molecule has 0 spiro atoms. The van der Waals surface area contributed by atoms with Crippen LogP contribution in [0.5, 0.6) is 17.2 Å². The monoisotopic (exact) mass is 317 g/mol. The van der Waals surface area contributed by atoms with E-state index in [1.165, 1.54) is 0 Å². The molecule has 0 heterocycles. The summed E-state index contributed by atoms with van der Waals surface area (Å²) < 4.78 is 16.6. The highest BCUT2D eigenvalue weighted by atomic mass is 16.5. The van der Waals surface area contributed by atoms with Crippen molar-refractivity contribution in [2.45, 2.75) is 19.1 Å². The molecule has 0 aromatic heterocycles. The van der Waals surface area contributed by atoms with Crippen LogP contribution in [0.15, 0.2) is 42.5 Å². The van der Waals surface area contributed by atoms with Gasteiger partial charge in [-0.1, -0.05) is 30.3 Å². The average molecular weight is 317 g/mol. The Bertz CT molecular complexity index is 616. The van der Waals surface area contributed by atoms with Gasteiger partial charge in [-0.2, -0.15) is 0 Å². The topological polar surface area (TPSA) is 73.9 Å². The van der Waals surface area contributed by atoms with Crippen LogP contribution < -0.4 is 19.9 Å². The first-order valence-corrected chi connectivity index (χ1v) is 7.46. The summed E-state index contributed by atoms with van der Waals surface area (Å²) in [6, 6.07) is 13.2. The smallest absolute Gasteiger partial charge is 0.164 e. The van der Waals surface area contributed by atoms with Gasteiger partial charge < -0.3 is 25.1 Å². The summed E-state index contributed by atoms with van der Waals surface area (Å²) in [4.78, 5) is 0. The molecule has 2 aromatic rings. The molecule has 0 aliphatic heterocycles. The van der Waals surface area contributed by atoms with Gasteiger partial charge in [-0.3, -0.25) is 0 Å². The van der Waals surface area contributed by atoms with E-state index < -0.39 is 0 Å². The first-order chi connectivity index (χ1) is 11.2. The Morgan fingerprint density at radius 1 is 1.00 bits per heavy atom. The molecular weight excluding hydrogens is 294 g/mol. The second kappa shape index (κ2) is 8.41. The minimum absolute atomic E-state index is 0.0908. The highest BCUT2D eigenvalue weighted by Gasteiger charge is 2.15. The van der Waals surface area contributed by atoms with Gasteiger partial charge in [0.2, 0.25) is 0 Å². The van der Waals surface area contributed by atoms with Crippen LogP contribution in [0.25, 0.3) is 0 Å². The zero-order valence-electron chi connectivity index (χ0n) is 13.5. The predicted molar refractivity (Wildman–Crippen MR) is 89.1 cm³/mol. The molecule has 0 aliphatic carbocycles. The predicted octanol–water partition coefficient (Wildman–Crippen LogP) is 2.14. The molecule has 1 unspecified atom stereocenters. The molecule has 2 aromatic carbocycles. The lowest BCUT2D eigenvalue weighted by Crippen LogP contribution is -2.27. The van der Waals surface area contributed by atoms with E-state index in [1.54, 1.807) is 20.3 Å². The summed E-state index contributed by atoms with van der Waals surface area (Å²) >= 11 is 0. The second-order valence-corrected chi connectivity index (χ2v) is 5.24. The largest absolute Gasteiger partial charge is 0.493 e. The number of hydrogen-bond donors (Lipinski definition) is 2. The molecule has 0 radical (unpaired) electrons. The lowest BCUT2D eigenvalue weighted by atomic mass is 10.0. The lowest BCUT2D eigenvalue weighted by molar-refractivity contribution is 0.261. The number of rotatable bonds is 8. The summed E-state index contributed by atoms with van der Waals surface area (Å²) in [6.45, 7) is 0.351. The Morgan fingerprint density at radius 2 is 1.65 bits per heavy atom. The highest BCUT2D eigenvalue weighted by Crippen LogP contribution is 2.35. The van der Waals surface area contributed by atoms with E-state index in [0.717, 1.165) is 11.1 Å². The molecular formula is C18H23NO4. The van der Waals surface area contributed by atoms with E-state index in [-0.39, 0.29) is 12.6 Å². The van der Waals surface area contributed by atoms with E-state index in [2.05, 4.69) is 0 Å². The van der Waals surface area contributed by atoms with Gasteiger partial charge in [-0.25, -0.2) is 0 Å². The number of nitrogens with two attached hydrogens (primary N) is 1. The van der Waals surface area contributed by atoms with Gasteiger partial charge in [-0.05, 0) is 23.6 Å². The van der Waals surface area contributed by atoms with Crippen LogP contribution in [0, 0.1) is 0 Å². The molecule has 0 fully saturated rings. The van der Waals surface area contributed by atoms with Gasteiger partial charge in [0.15, 0.2) is 11.5 Å². The molecule has 1 atom stereocenters. The number of aliphatic hydroxyl groups excluding tert-OH is 1. The summed E-state index contributed by atoms with van der Waals surface area (Å²) in [7, 11) is 3.16. The standard InChI is InChI=1S/C18H23NO4/c1-21-17-9-14(8-15(19)11-20)16(10-18(17)22-2)23-12-13-6-4-3-5-7-13/h3-7,9-10,15,20H,8,11-12,19H2,1-2H3. The number of ether oxygens (including phenoxy) is 3. The zero-order valence-corrected chi connectivity index (χ0v) is 13.5. The van der Waals surface area contributed by atoms with Crippen molar-refractivity contribution < 1.29 is 19.3 Å². The van der Waals surface area contributed by atoms with Gasteiger partial charge >= 0.3 is 0 Å². The molecule has 5 nitrogen and oxygen atoms in total. The summed E-state index contributed by atoms with van der Waals surface area (Å²) in [5, 5.41) is 9.20. The average Bonchev–Trinajstić information content (AvgIpc) is 2.60. The maximum Gasteiger partial charge on any atom is 0.164 e.